The Kier molecular flexibility index (Phi) is 2.73. The number of carbonyl (C=O) groups excluding carboxylic acids is 1. The van der Waals surface area contributed by atoms with Gasteiger partial charge in [-0.1, -0.05) is 6.07 Å². The molecule has 0 aliphatic rings. The minimum Gasteiger partial charge on any atom is -0.319 e. The monoisotopic (exact) mass is 255 g/mol. The van der Waals surface area contributed by atoms with Crippen molar-refractivity contribution in [3.63, 3.8) is 0 Å². The van der Waals surface area contributed by atoms with Crippen LogP contribution < -0.4 is 5.32 Å². The molecule has 0 aliphatic heterocycles. The molecule has 94 valence electrons. The fourth-order valence-corrected chi connectivity index (χ4v) is 1.58. The van der Waals surface area contributed by atoms with Crippen LogP contribution in [0.4, 0.5) is 5.69 Å². The molecule has 19 heavy (non-hydrogen) atoms. The fraction of sp³-hybridized carbons (Fsp3) is 0. The molecule has 1 aromatic carbocycles. The van der Waals surface area contributed by atoms with Crippen LogP contribution in [0.25, 0.3) is 5.69 Å². The maximum Gasteiger partial charge on any atom is 0.292 e. The third-order valence-corrected chi connectivity index (χ3v) is 2.45. The minimum atomic E-state index is -0.349. The Morgan fingerprint density at radius 3 is 2.84 bits per heavy atom. The predicted octanol–water partition coefficient (Wildman–Crippen LogP) is 0.638. The van der Waals surface area contributed by atoms with Crippen molar-refractivity contribution in [2.45, 2.75) is 0 Å². The van der Waals surface area contributed by atoms with Gasteiger partial charge in [-0.3, -0.25) is 14.5 Å². The molecule has 0 aliphatic carbocycles. The van der Waals surface area contributed by atoms with E-state index in [2.05, 4.69) is 30.7 Å². The Balaban J connectivity index is 1.82. The van der Waals surface area contributed by atoms with Crippen LogP contribution in [0.2, 0.25) is 0 Å². The summed E-state index contributed by atoms with van der Waals surface area (Å²) in [5.74, 6) is -0.187. The maximum absolute atomic E-state index is 11.8. The number of anilines is 1. The number of carbonyl (C=O) groups is 1. The van der Waals surface area contributed by atoms with Gasteiger partial charge >= 0.3 is 0 Å². The van der Waals surface area contributed by atoms with Crippen molar-refractivity contribution in [1.82, 2.24) is 29.9 Å². The molecule has 3 aromatic rings. The molecule has 8 nitrogen and oxygen atoms in total. The van der Waals surface area contributed by atoms with Gasteiger partial charge in [0.2, 0.25) is 5.82 Å². The quantitative estimate of drug-likeness (QED) is 0.715. The van der Waals surface area contributed by atoms with Gasteiger partial charge in [0, 0.05) is 5.69 Å². The number of hydrogen-bond donors (Lipinski definition) is 2. The van der Waals surface area contributed by atoms with E-state index in [1.54, 1.807) is 29.4 Å². The average Bonchev–Trinajstić information content (AvgIpc) is 3.13. The summed E-state index contributed by atoms with van der Waals surface area (Å²) >= 11 is 0. The normalized spacial score (nSPS) is 10.3. The van der Waals surface area contributed by atoms with E-state index in [4.69, 9.17) is 0 Å². The predicted molar refractivity (Wildman–Crippen MR) is 65.7 cm³/mol. The third kappa shape index (κ3) is 2.32. The van der Waals surface area contributed by atoms with Crippen molar-refractivity contribution in [3.05, 3.63) is 49.1 Å². The van der Waals surface area contributed by atoms with Crippen molar-refractivity contribution < 1.29 is 4.79 Å². The summed E-state index contributed by atoms with van der Waals surface area (Å²) in [5, 5.41) is 16.3. The van der Waals surface area contributed by atoms with E-state index in [1.165, 1.54) is 6.33 Å². The number of benzene rings is 1. The van der Waals surface area contributed by atoms with Crippen molar-refractivity contribution in [2.24, 2.45) is 0 Å². The summed E-state index contributed by atoms with van der Waals surface area (Å²) < 4.78 is 1.74. The van der Waals surface area contributed by atoms with E-state index in [9.17, 15) is 4.79 Å². The Labute approximate surface area is 107 Å². The maximum atomic E-state index is 11.8. The zero-order valence-electron chi connectivity index (χ0n) is 9.69. The summed E-state index contributed by atoms with van der Waals surface area (Å²) in [7, 11) is 0. The molecular formula is C11H9N7O. The molecule has 2 aromatic heterocycles. The lowest BCUT2D eigenvalue weighted by molar-refractivity contribution is 0.101. The highest BCUT2D eigenvalue weighted by Crippen LogP contribution is 2.14. The van der Waals surface area contributed by atoms with E-state index in [0.717, 1.165) is 5.69 Å². The lowest BCUT2D eigenvalue weighted by Crippen LogP contribution is -2.13. The van der Waals surface area contributed by atoms with Crippen molar-refractivity contribution in [3.8, 4) is 5.69 Å². The second kappa shape index (κ2) is 4.69. The first kappa shape index (κ1) is 11.1. The number of amides is 1. The number of rotatable bonds is 3. The number of hydrogen-bond acceptors (Lipinski definition) is 5. The second-order valence-electron chi connectivity index (χ2n) is 3.71. The number of H-pyrrole nitrogens is 1. The third-order valence-electron chi connectivity index (χ3n) is 2.45. The first-order valence-electron chi connectivity index (χ1n) is 5.45. The first-order valence-corrected chi connectivity index (χ1v) is 5.45. The summed E-state index contributed by atoms with van der Waals surface area (Å²) in [6.07, 6.45) is 4.44. The van der Waals surface area contributed by atoms with Gasteiger partial charge in [0.05, 0.1) is 5.69 Å². The average molecular weight is 255 g/mol. The second-order valence-corrected chi connectivity index (χ2v) is 3.71. The lowest BCUT2D eigenvalue weighted by Gasteiger charge is -2.06. The highest BCUT2D eigenvalue weighted by atomic mass is 16.2. The minimum absolute atomic E-state index is 0.162. The van der Waals surface area contributed by atoms with Gasteiger partial charge in [0.15, 0.2) is 0 Å². The highest BCUT2D eigenvalue weighted by molar-refractivity contribution is 6.01. The van der Waals surface area contributed by atoms with Gasteiger partial charge in [-0.15, -0.1) is 10.2 Å². The molecule has 0 spiro atoms. The van der Waals surface area contributed by atoms with E-state index < -0.39 is 0 Å². The van der Waals surface area contributed by atoms with Crippen LogP contribution in [0.5, 0.6) is 0 Å². The van der Waals surface area contributed by atoms with E-state index in [0.29, 0.717) is 5.69 Å². The molecule has 0 saturated heterocycles. The number of nitrogens with one attached hydrogen (secondary N) is 2. The van der Waals surface area contributed by atoms with Crippen LogP contribution in [0.15, 0.2) is 43.2 Å². The lowest BCUT2D eigenvalue weighted by atomic mass is 10.2. The topological polar surface area (TPSA) is 101 Å². The molecule has 0 unspecified atom stereocenters. The standard InChI is InChI=1S/C11H9N7O/c19-11(10-12-5-13-17-10)16-8-2-1-3-9(4-8)18-6-14-15-7-18/h1-7H,(H,16,19)(H,12,13,17). The number of aromatic nitrogens is 6. The molecule has 2 heterocycles. The highest BCUT2D eigenvalue weighted by Gasteiger charge is 2.09. The van der Waals surface area contributed by atoms with Crippen LogP contribution in [0.3, 0.4) is 0 Å². The number of nitrogens with zero attached hydrogens (tertiary/aromatic N) is 5. The SMILES string of the molecule is O=C(Nc1cccc(-n2cnnc2)c1)c1ncn[nH]1. The first-order chi connectivity index (χ1) is 9.33. The molecule has 8 heteroatoms. The summed E-state index contributed by atoms with van der Waals surface area (Å²) in [5.41, 5.74) is 1.49. The van der Waals surface area contributed by atoms with Gasteiger partial charge in [-0.2, -0.15) is 5.10 Å². The van der Waals surface area contributed by atoms with Crippen LogP contribution in [-0.2, 0) is 0 Å². The van der Waals surface area contributed by atoms with Gasteiger partial charge in [-0.25, -0.2) is 4.98 Å². The van der Waals surface area contributed by atoms with Gasteiger partial charge < -0.3 is 5.32 Å². The number of aromatic amines is 1. The molecule has 0 saturated carbocycles. The zero-order chi connectivity index (χ0) is 13.1. The van der Waals surface area contributed by atoms with Gasteiger partial charge in [-0.05, 0) is 18.2 Å². The molecule has 3 rings (SSSR count). The van der Waals surface area contributed by atoms with E-state index in [-0.39, 0.29) is 11.7 Å². The molecule has 2 N–H and O–H groups in total. The Hall–Kier alpha value is -3.03. The Morgan fingerprint density at radius 1 is 1.26 bits per heavy atom. The van der Waals surface area contributed by atoms with Crippen molar-refractivity contribution in [2.75, 3.05) is 5.32 Å². The van der Waals surface area contributed by atoms with E-state index in [1.807, 2.05) is 12.1 Å². The summed E-state index contributed by atoms with van der Waals surface area (Å²) in [6, 6.07) is 7.29. The molecule has 1 amide bonds. The molecule has 0 radical (unpaired) electrons. The fourth-order valence-electron chi connectivity index (χ4n) is 1.58. The van der Waals surface area contributed by atoms with Crippen LogP contribution in [0, 0.1) is 0 Å². The largest absolute Gasteiger partial charge is 0.319 e. The molecule has 0 fully saturated rings. The summed E-state index contributed by atoms with van der Waals surface area (Å²) in [4.78, 5) is 15.6. The van der Waals surface area contributed by atoms with Crippen LogP contribution >= 0.6 is 0 Å². The van der Waals surface area contributed by atoms with Gasteiger partial charge in [0.1, 0.15) is 19.0 Å². The van der Waals surface area contributed by atoms with Crippen molar-refractivity contribution >= 4 is 11.6 Å². The van der Waals surface area contributed by atoms with Crippen LogP contribution in [0.1, 0.15) is 10.6 Å². The Morgan fingerprint density at radius 2 is 2.11 bits per heavy atom. The molecular weight excluding hydrogens is 246 g/mol. The smallest absolute Gasteiger partial charge is 0.292 e. The van der Waals surface area contributed by atoms with E-state index >= 15 is 0 Å². The molecule has 0 atom stereocenters. The molecule has 0 bridgehead atoms. The zero-order valence-corrected chi connectivity index (χ0v) is 9.69. The Bertz CT molecular complexity index is 675. The van der Waals surface area contributed by atoms with Crippen LogP contribution in [-0.4, -0.2) is 35.9 Å². The van der Waals surface area contributed by atoms with Gasteiger partial charge in [0.25, 0.3) is 5.91 Å². The van der Waals surface area contributed by atoms with Crippen molar-refractivity contribution in [1.29, 1.82) is 0 Å². The summed E-state index contributed by atoms with van der Waals surface area (Å²) in [6.45, 7) is 0.